The quantitative estimate of drug-likeness (QED) is 0.696. The number of ether oxygens (including phenoxy) is 1. The van der Waals surface area contributed by atoms with E-state index in [1.807, 2.05) is 6.07 Å². The minimum atomic E-state index is 0.871. The molecule has 4 nitrogen and oxygen atoms in total. The number of methoxy groups -OCH3 is 1. The van der Waals surface area contributed by atoms with Crippen LogP contribution in [0, 0.1) is 0 Å². The molecule has 142 valence electrons. The summed E-state index contributed by atoms with van der Waals surface area (Å²) in [4.78, 5) is 2.58. The van der Waals surface area contributed by atoms with E-state index in [-0.39, 0.29) is 0 Å². The van der Waals surface area contributed by atoms with Crippen LogP contribution in [0.25, 0.3) is 10.9 Å². The molecule has 4 heteroatoms. The molecule has 1 aliphatic rings. The number of fused-ring (bicyclic) bond motifs is 1. The third-order valence-corrected chi connectivity index (χ3v) is 5.49. The van der Waals surface area contributed by atoms with E-state index in [4.69, 9.17) is 4.74 Å². The van der Waals surface area contributed by atoms with Crippen LogP contribution in [0.2, 0.25) is 0 Å². The van der Waals surface area contributed by atoms with E-state index >= 15 is 0 Å². The van der Waals surface area contributed by atoms with Crippen molar-refractivity contribution >= 4 is 10.9 Å². The molecule has 1 aromatic heterocycles. The topological polar surface area (TPSA) is 29.4 Å². The number of rotatable bonds is 7. The second-order valence-electron chi connectivity index (χ2n) is 7.35. The van der Waals surface area contributed by atoms with Gasteiger partial charge in [0.25, 0.3) is 0 Å². The van der Waals surface area contributed by atoms with E-state index in [2.05, 4.69) is 63.4 Å². The number of piperazine rings is 1. The van der Waals surface area contributed by atoms with Crippen LogP contribution in [0.4, 0.5) is 0 Å². The van der Waals surface area contributed by atoms with E-state index in [9.17, 15) is 0 Å². The van der Waals surface area contributed by atoms with Crippen LogP contribution >= 0.6 is 0 Å². The van der Waals surface area contributed by atoms with Gasteiger partial charge >= 0.3 is 0 Å². The summed E-state index contributed by atoms with van der Waals surface area (Å²) in [6.07, 6.45) is 4.70. The zero-order valence-electron chi connectivity index (χ0n) is 16.2. The van der Waals surface area contributed by atoms with Gasteiger partial charge in [0.2, 0.25) is 0 Å². The van der Waals surface area contributed by atoms with Crippen LogP contribution in [0.3, 0.4) is 0 Å². The van der Waals surface area contributed by atoms with E-state index < -0.39 is 0 Å². The molecule has 0 radical (unpaired) electrons. The van der Waals surface area contributed by atoms with Crippen LogP contribution in [-0.2, 0) is 13.0 Å². The standard InChI is InChI=1S/C23H29N3O/c1-27-21-8-4-6-19(16-21)17-26-18-20(22-9-2-3-10-23(22)26)7-5-13-25-14-11-24-12-15-25/h2-4,6,8-10,16,18,24H,5,7,11-15,17H2,1H3. The van der Waals surface area contributed by atoms with Crippen molar-refractivity contribution in [3.8, 4) is 5.75 Å². The van der Waals surface area contributed by atoms with Crippen molar-refractivity contribution in [3.05, 3.63) is 65.9 Å². The van der Waals surface area contributed by atoms with Crippen LogP contribution in [-0.4, -0.2) is 49.3 Å². The molecule has 0 bridgehead atoms. The number of hydrogen-bond donors (Lipinski definition) is 1. The molecular weight excluding hydrogens is 334 g/mol. The van der Waals surface area contributed by atoms with Gasteiger partial charge in [0.05, 0.1) is 7.11 Å². The van der Waals surface area contributed by atoms with Gasteiger partial charge in [-0.25, -0.2) is 0 Å². The Morgan fingerprint density at radius 2 is 1.89 bits per heavy atom. The Morgan fingerprint density at radius 3 is 2.74 bits per heavy atom. The maximum Gasteiger partial charge on any atom is 0.119 e. The number of nitrogens with zero attached hydrogens (tertiary/aromatic N) is 2. The number of aromatic nitrogens is 1. The fraction of sp³-hybridized carbons (Fsp3) is 0.391. The summed E-state index contributed by atoms with van der Waals surface area (Å²) in [6.45, 7) is 6.67. The molecule has 0 unspecified atom stereocenters. The highest BCUT2D eigenvalue weighted by Crippen LogP contribution is 2.24. The summed E-state index contributed by atoms with van der Waals surface area (Å²) in [6, 6.07) is 17.1. The Morgan fingerprint density at radius 1 is 1.04 bits per heavy atom. The first-order valence-corrected chi connectivity index (χ1v) is 9.96. The first kappa shape index (κ1) is 18.1. The molecule has 1 N–H and O–H groups in total. The van der Waals surface area contributed by atoms with Gasteiger partial charge in [-0.05, 0) is 48.7 Å². The average Bonchev–Trinajstić information content (AvgIpc) is 3.07. The predicted octanol–water partition coefficient (Wildman–Crippen LogP) is 3.54. The average molecular weight is 364 g/mol. The number of hydrogen-bond acceptors (Lipinski definition) is 3. The second kappa shape index (κ2) is 8.59. The van der Waals surface area contributed by atoms with Gasteiger partial charge in [-0.15, -0.1) is 0 Å². The van der Waals surface area contributed by atoms with E-state index in [1.165, 1.54) is 48.1 Å². The SMILES string of the molecule is COc1cccc(Cn2cc(CCCN3CCNCC3)c3ccccc32)c1. The lowest BCUT2D eigenvalue weighted by Crippen LogP contribution is -2.43. The van der Waals surface area contributed by atoms with E-state index in [1.54, 1.807) is 7.11 Å². The van der Waals surface area contributed by atoms with Crippen LogP contribution in [0.5, 0.6) is 5.75 Å². The fourth-order valence-corrected chi connectivity index (χ4v) is 4.05. The molecule has 4 rings (SSSR count). The summed E-state index contributed by atoms with van der Waals surface area (Å²) in [5, 5.41) is 4.82. The van der Waals surface area contributed by atoms with Crippen LogP contribution < -0.4 is 10.1 Å². The summed E-state index contributed by atoms with van der Waals surface area (Å²) >= 11 is 0. The van der Waals surface area contributed by atoms with Crippen molar-refractivity contribution in [2.45, 2.75) is 19.4 Å². The zero-order valence-corrected chi connectivity index (χ0v) is 16.2. The van der Waals surface area contributed by atoms with Crippen molar-refractivity contribution in [2.75, 3.05) is 39.8 Å². The molecule has 1 saturated heterocycles. The van der Waals surface area contributed by atoms with Gasteiger partial charge in [-0.1, -0.05) is 30.3 Å². The molecule has 3 aromatic rings. The Hall–Kier alpha value is -2.30. The van der Waals surface area contributed by atoms with Gasteiger partial charge < -0.3 is 19.5 Å². The molecule has 0 aliphatic carbocycles. The van der Waals surface area contributed by atoms with Gasteiger partial charge in [0.1, 0.15) is 5.75 Å². The minimum absolute atomic E-state index is 0.871. The number of para-hydroxylation sites is 1. The van der Waals surface area contributed by atoms with E-state index in [0.29, 0.717) is 0 Å². The van der Waals surface area contributed by atoms with Crippen molar-refractivity contribution in [1.29, 1.82) is 0 Å². The minimum Gasteiger partial charge on any atom is -0.497 e. The lowest BCUT2D eigenvalue weighted by atomic mass is 10.1. The molecule has 2 heterocycles. The largest absolute Gasteiger partial charge is 0.497 e. The Kier molecular flexibility index (Phi) is 5.75. The Labute approximate surface area is 161 Å². The third-order valence-electron chi connectivity index (χ3n) is 5.49. The van der Waals surface area contributed by atoms with Gasteiger partial charge in [0, 0.05) is 49.8 Å². The summed E-state index contributed by atoms with van der Waals surface area (Å²) < 4.78 is 7.76. The molecule has 0 saturated carbocycles. The first-order chi connectivity index (χ1) is 13.3. The summed E-state index contributed by atoms with van der Waals surface area (Å²) in [5.74, 6) is 0.917. The lowest BCUT2D eigenvalue weighted by Gasteiger charge is -2.26. The molecule has 0 amide bonds. The van der Waals surface area contributed by atoms with Gasteiger partial charge in [0.15, 0.2) is 0 Å². The summed E-state index contributed by atoms with van der Waals surface area (Å²) in [5.41, 5.74) is 4.04. The van der Waals surface area contributed by atoms with Gasteiger partial charge in [-0.3, -0.25) is 0 Å². The molecule has 0 spiro atoms. The lowest BCUT2D eigenvalue weighted by molar-refractivity contribution is 0.238. The van der Waals surface area contributed by atoms with Crippen molar-refractivity contribution in [3.63, 3.8) is 0 Å². The monoisotopic (exact) mass is 363 g/mol. The molecule has 1 fully saturated rings. The van der Waals surface area contributed by atoms with Crippen molar-refractivity contribution in [1.82, 2.24) is 14.8 Å². The molecular formula is C23H29N3O. The number of benzene rings is 2. The number of nitrogens with one attached hydrogen (secondary N) is 1. The molecule has 1 aliphatic heterocycles. The number of aryl methyl sites for hydroxylation is 1. The van der Waals surface area contributed by atoms with Gasteiger partial charge in [-0.2, -0.15) is 0 Å². The van der Waals surface area contributed by atoms with Crippen molar-refractivity contribution < 1.29 is 4.74 Å². The molecule has 0 atom stereocenters. The Balaban J connectivity index is 1.49. The molecule has 2 aromatic carbocycles. The predicted molar refractivity (Wildman–Crippen MR) is 112 cm³/mol. The highest BCUT2D eigenvalue weighted by atomic mass is 16.5. The zero-order chi connectivity index (χ0) is 18.5. The molecule has 27 heavy (non-hydrogen) atoms. The summed E-state index contributed by atoms with van der Waals surface area (Å²) in [7, 11) is 1.72. The highest BCUT2D eigenvalue weighted by Gasteiger charge is 2.11. The van der Waals surface area contributed by atoms with Crippen molar-refractivity contribution in [2.24, 2.45) is 0 Å². The smallest absolute Gasteiger partial charge is 0.119 e. The van der Waals surface area contributed by atoms with E-state index in [0.717, 1.165) is 31.8 Å². The maximum absolute atomic E-state index is 5.38. The van der Waals surface area contributed by atoms with Crippen LogP contribution in [0.1, 0.15) is 17.5 Å². The normalized spacial score (nSPS) is 15.3. The Bertz CT molecular complexity index is 880. The fourth-order valence-electron chi connectivity index (χ4n) is 4.05. The highest BCUT2D eigenvalue weighted by molar-refractivity contribution is 5.84. The maximum atomic E-state index is 5.38. The second-order valence-corrected chi connectivity index (χ2v) is 7.35. The first-order valence-electron chi connectivity index (χ1n) is 9.96. The van der Waals surface area contributed by atoms with Crippen LogP contribution in [0.15, 0.2) is 54.7 Å². The third kappa shape index (κ3) is 4.34.